The number of benzene rings is 2. The third kappa shape index (κ3) is 5.90. The smallest absolute Gasteiger partial charge is 0.243 e. The van der Waals surface area contributed by atoms with Gasteiger partial charge in [-0.15, -0.1) is 10.2 Å². The first-order valence-corrected chi connectivity index (χ1v) is 11.7. The maximum atomic E-state index is 13.0. The molecule has 0 radical (unpaired) electrons. The Morgan fingerprint density at radius 3 is 2.46 bits per heavy atom. The van der Waals surface area contributed by atoms with Gasteiger partial charge in [0.2, 0.25) is 11.8 Å². The first kappa shape index (κ1) is 24.1. The van der Waals surface area contributed by atoms with Gasteiger partial charge in [0, 0.05) is 30.7 Å². The van der Waals surface area contributed by atoms with Crippen LogP contribution in [0.2, 0.25) is 0 Å². The molecule has 0 spiro atoms. The average Bonchev–Trinajstić information content (AvgIpc) is 3.28. The predicted molar refractivity (Wildman–Crippen MR) is 133 cm³/mol. The van der Waals surface area contributed by atoms with Crippen LogP contribution in [0.3, 0.4) is 0 Å². The SMILES string of the molecule is Cc1ccccc1-n1c(SCC(=O)N(C)CC(=O)Nc2ccc(F)cc2)nnc1-c1ccncc1. The molecular formula is C25H23FN6O2S. The molecule has 0 aliphatic carbocycles. The highest BCUT2D eigenvalue weighted by Crippen LogP contribution is 2.29. The molecule has 8 nitrogen and oxygen atoms in total. The van der Waals surface area contributed by atoms with Gasteiger partial charge in [0.1, 0.15) is 5.82 Å². The number of hydrogen-bond acceptors (Lipinski definition) is 6. The van der Waals surface area contributed by atoms with Crippen molar-refractivity contribution in [3.05, 3.63) is 84.4 Å². The highest BCUT2D eigenvalue weighted by Gasteiger charge is 2.20. The summed E-state index contributed by atoms with van der Waals surface area (Å²) in [6.45, 7) is 1.86. The van der Waals surface area contributed by atoms with Crippen molar-refractivity contribution in [3.8, 4) is 17.1 Å². The van der Waals surface area contributed by atoms with E-state index in [2.05, 4.69) is 20.5 Å². The molecule has 0 saturated carbocycles. The van der Waals surface area contributed by atoms with Gasteiger partial charge in [-0.1, -0.05) is 30.0 Å². The van der Waals surface area contributed by atoms with Gasteiger partial charge in [0.15, 0.2) is 11.0 Å². The number of nitrogens with zero attached hydrogens (tertiary/aromatic N) is 5. The molecule has 2 heterocycles. The Bertz CT molecular complexity index is 1330. The fraction of sp³-hybridized carbons (Fsp3) is 0.160. The van der Waals surface area contributed by atoms with Crippen LogP contribution < -0.4 is 5.32 Å². The standard InChI is InChI=1S/C25H23FN6O2S/c1-17-5-3-4-6-21(17)32-24(18-11-13-27-14-12-18)29-30-25(32)35-16-23(34)31(2)15-22(33)28-20-9-7-19(26)8-10-20/h3-14H,15-16H2,1-2H3,(H,28,33). The van der Waals surface area contributed by atoms with E-state index in [1.807, 2.05) is 47.9 Å². The number of para-hydroxylation sites is 1. The maximum Gasteiger partial charge on any atom is 0.243 e. The number of anilines is 1. The predicted octanol–water partition coefficient (Wildman–Crippen LogP) is 3.97. The lowest BCUT2D eigenvalue weighted by Crippen LogP contribution is -2.36. The number of carbonyl (C=O) groups excluding carboxylic acids is 2. The number of nitrogens with one attached hydrogen (secondary N) is 1. The lowest BCUT2D eigenvalue weighted by atomic mass is 10.2. The van der Waals surface area contributed by atoms with Crippen LogP contribution >= 0.6 is 11.8 Å². The van der Waals surface area contributed by atoms with Crippen molar-refractivity contribution in [2.24, 2.45) is 0 Å². The number of amides is 2. The van der Waals surface area contributed by atoms with Crippen LogP contribution in [0.15, 0.2) is 78.2 Å². The van der Waals surface area contributed by atoms with Crippen LogP contribution in [0, 0.1) is 12.7 Å². The summed E-state index contributed by atoms with van der Waals surface area (Å²) in [4.78, 5) is 30.4. The zero-order valence-corrected chi connectivity index (χ0v) is 20.0. The topological polar surface area (TPSA) is 93.0 Å². The van der Waals surface area contributed by atoms with Gasteiger partial charge in [-0.25, -0.2) is 4.39 Å². The number of likely N-dealkylation sites (N-methyl/N-ethyl adjacent to an activating group) is 1. The molecule has 2 aromatic heterocycles. The maximum absolute atomic E-state index is 13.0. The normalized spacial score (nSPS) is 10.7. The summed E-state index contributed by atoms with van der Waals surface area (Å²) in [6.07, 6.45) is 3.38. The molecule has 0 fully saturated rings. The number of aromatic nitrogens is 4. The van der Waals surface area contributed by atoms with Crippen LogP contribution in [0.25, 0.3) is 17.1 Å². The number of aryl methyl sites for hydroxylation is 1. The minimum absolute atomic E-state index is 0.0701. The highest BCUT2D eigenvalue weighted by molar-refractivity contribution is 7.99. The van der Waals surface area contributed by atoms with Gasteiger partial charge in [0.05, 0.1) is 18.0 Å². The lowest BCUT2D eigenvalue weighted by Gasteiger charge is -2.17. The molecule has 0 aliphatic heterocycles. The Kier molecular flexibility index (Phi) is 7.51. The highest BCUT2D eigenvalue weighted by atomic mass is 32.2. The summed E-state index contributed by atoms with van der Waals surface area (Å²) < 4.78 is 15.0. The number of hydrogen-bond donors (Lipinski definition) is 1. The fourth-order valence-electron chi connectivity index (χ4n) is 3.36. The third-order valence-electron chi connectivity index (χ3n) is 5.19. The lowest BCUT2D eigenvalue weighted by molar-refractivity contribution is -0.131. The summed E-state index contributed by atoms with van der Waals surface area (Å²) in [5.74, 6) is -0.295. The summed E-state index contributed by atoms with van der Waals surface area (Å²) >= 11 is 1.24. The molecule has 1 N–H and O–H groups in total. The summed E-state index contributed by atoms with van der Waals surface area (Å²) in [5.41, 5.74) is 3.25. The van der Waals surface area contributed by atoms with Crippen molar-refractivity contribution in [3.63, 3.8) is 0 Å². The van der Waals surface area contributed by atoms with Gasteiger partial charge in [-0.2, -0.15) is 0 Å². The van der Waals surface area contributed by atoms with Gasteiger partial charge < -0.3 is 10.2 Å². The Morgan fingerprint density at radius 2 is 1.74 bits per heavy atom. The quantitative estimate of drug-likeness (QED) is 0.376. The minimum atomic E-state index is -0.391. The molecule has 4 rings (SSSR count). The zero-order valence-electron chi connectivity index (χ0n) is 19.2. The van der Waals surface area contributed by atoms with Gasteiger partial charge in [-0.05, 0) is 55.0 Å². The monoisotopic (exact) mass is 490 g/mol. The summed E-state index contributed by atoms with van der Waals surface area (Å²) in [7, 11) is 1.56. The molecule has 2 amide bonds. The molecule has 4 aromatic rings. The first-order valence-electron chi connectivity index (χ1n) is 10.8. The molecule has 0 saturated heterocycles. The Balaban J connectivity index is 1.46. The second kappa shape index (κ2) is 10.9. The van der Waals surface area contributed by atoms with E-state index >= 15 is 0 Å². The Labute approximate surface area is 206 Å². The van der Waals surface area contributed by atoms with Crippen LogP contribution in [0.1, 0.15) is 5.56 Å². The van der Waals surface area contributed by atoms with Crippen molar-refractivity contribution >= 4 is 29.3 Å². The van der Waals surface area contributed by atoms with Crippen LogP contribution in [-0.4, -0.2) is 55.8 Å². The molecule has 178 valence electrons. The molecule has 2 aromatic carbocycles. The Morgan fingerprint density at radius 1 is 1.03 bits per heavy atom. The number of halogens is 1. The van der Waals surface area contributed by atoms with Crippen molar-refractivity contribution in [2.45, 2.75) is 12.1 Å². The second-order valence-corrected chi connectivity index (χ2v) is 8.70. The molecular weight excluding hydrogens is 467 g/mol. The molecule has 35 heavy (non-hydrogen) atoms. The van der Waals surface area contributed by atoms with Crippen molar-refractivity contribution in [2.75, 3.05) is 24.7 Å². The second-order valence-electron chi connectivity index (χ2n) is 7.76. The van der Waals surface area contributed by atoms with Gasteiger partial charge in [-0.3, -0.25) is 19.1 Å². The van der Waals surface area contributed by atoms with E-state index in [0.717, 1.165) is 16.8 Å². The molecule has 0 bridgehead atoms. The molecule has 0 unspecified atom stereocenters. The molecule has 10 heteroatoms. The first-order chi connectivity index (χ1) is 16.9. The van der Waals surface area contributed by atoms with E-state index in [-0.39, 0.29) is 24.1 Å². The number of thioether (sulfide) groups is 1. The van der Waals surface area contributed by atoms with E-state index in [0.29, 0.717) is 16.7 Å². The van der Waals surface area contributed by atoms with E-state index in [1.165, 1.54) is 40.9 Å². The minimum Gasteiger partial charge on any atom is -0.336 e. The van der Waals surface area contributed by atoms with E-state index in [4.69, 9.17) is 0 Å². The molecule has 0 atom stereocenters. The van der Waals surface area contributed by atoms with Crippen molar-refractivity contribution in [1.82, 2.24) is 24.6 Å². The summed E-state index contributed by atoms with van der Waals surface area (Å²) in [5, 5.41) is 11.9. The van der Waals surface area contributed by atoms with Crippen molar-refractivity contribution in [1.29, 1.82) is 0 Å². The van der Waals surface area contributed by atoms with Crippen molar-refractivity contribution < 1.29 is 14.0 Å². The van der Waals surface area contributed by atoms with E-state index in [9.17, 15) is 14.0 Å². The number of carbonyl (C=O) groups is 2. The van der Waals surface area contributed by atoms with Gasteiger partial charge in [0.25, 0.3) is 0 Å². The largest absolute Gasteiger partial charge is 0.336 e. The molecule has 0 aliphatic rings. The average molecular weight is 491 g/mol. The van der Waals surface area contributed by atoms with Crippen LogP contribution in [-0.2, 0) is 9.59 Å². The zero-order chi connectivity index (χ0) is 24.8. The fourth-order valence-corrected chi connectivity index (χ4v) is 4.24. The number of rotatable bonds is 8. The van der Waals surface area contributed by atoms with E-state index in [1.54, 1.807) is 19.4 Å². The number of pyridine rings is 1. The Hall–Kier alpha value is -4.05. The third-order valence-corrected chi connectivity index (χ3v) is 6.10. The van der Waals surface area contributed by atoms with Crippen LogP contribution in [0.4, 0.5) is 10.1 Å². The van der Waals surface area contributed by atoms with Gasteiger partial charge >= 0.3 is 0 Å². The van der Waals surface area contributed by atoms with Crippen LogP contribution in [0.5, 0.6) is 0 Å². The van der Waals surface area contributed by atoms with E-state index < -0.39 is 5.82 Å². The summed E-state index contributed by atoms with van der Waals surface area (Å²) in [6, 6.07) is 17.0.